The van der Waals surface area contributed by atoms with Gasteiger partial charge in [-0.05, 0) is 38.5 Å². The number of ether oxygens (including phenoxy) is 1. The highest BCUT2D eigenvalue weighted by Gasteiger charge is 2.67. The number of benzene rings is 2. The van der Waals surface area contributed by atoms with E-state index in [1.807, 2.05) is 37.3 Å². The molecule has 29 heavy (non-hydrogen) atoms. The maximum absolute atomic E-state index is 13.4. The largest absolute Gasteiger partial charge is 0.465 e. The highest BCUT2D eigenvalue weighted by atomic mass is 16.5. The summed E-state index contributed by atoms with van der Waals surface area (Å²) in [6.45, 7) is 5.56. The summed E-state index contributed by atoms with van der Waals surface area (Å²) in [6.07, 6.45) is 0. The van der Waals surface area contributed by atoms with Crippen LogP contribution in [0.1, 0.15) is 31.0 Å². The van der Waals surface area contributed by atoms with Crippen LogP contribution in [0.4, 0.5) is 5.69 Å². The summed E-state index contributed by atoms with van der Waals surface area (Å²) in [5.41, 5.74) is 1.16. The van der Waals surface area contributed by atoms with Gasteiger partial charge in [-0.1, -0.05) is 48.0 Å². The summed E-state index contributed by atoms with van der Waals surface area (Å²) >= 11 is 0. The van der Waals surface area contributed by atoms with Crippen LogP contribution in [-0.2, 0) is 19.1 Å². The molecule has 1 N–H and O–H groups in total. The molecule has 150 valence electrons. The van der Waals surface area contributed by atoms with Crippen molar-refractivity contribution in [2.24, 2.45) is 11.8 Å². The van der Waals surface area contributed by atoms with Crippen molar-refractivity contribution >= 4 is 23.5 Å². The fraction of sp³-hybridized carbons (Fsp3) is 0.348. The fourth-order valence-electron chi connectivity index (χ4n) is 4.59. The molecule has 2 aromatic rings. The molecule has 6 heteroatoms. The van der Waals surface area contributed by atoms with Crippen LogP contribution in [0.2, 0.25) is 0 Å². The minimum absolute atomic E-state index is 0.202. The number of carbonyl (C=O) groups excluding carboxylic acids is 3. The molecule has 0 radical (unpaired) electrons. The minimum Gasteiger partial charge on any atom is -0.465 e. The van der Waals surface area contributed by atoms with Crippen LogP contribution in [0.3, 0.4) is 0 Å². The zero-order chi connectivity index (χ0) is 20.8. The van der Waals surface area contributed by atoms with Crippen LogP contribution in [0, 0.1) is 18.8 Å². The molecule has 2 aromatic carbocycles. The van der Waals surface area contributed by atoms with Crippen molar-refractivity contribution in [1.29, 1.82) is 0 Å². The highest BCUT2D eigenvalue weighted by Crippen LogP contribution is 2.50. The Labute approximate surface area is 169 Å². The number of aryl methyl sites for hydroxylation is 1. The number of anilines is 1. The molecule has 4 rings (SSSR count). The van der Waals surface area contributed by atoms with Crippen molar-refractivity contribution in [1.82, 2.24) is 5.32 Å². The van der Waals surface area contributed by atoms with Crippen LogP contribution in [-0.4, -0.2) is 29.9 Å². The first-order valence-electron chi connectivity index (χ1n) is 9.83. The summed E-state index contributed by atoms with van der Waals surface area (Å²) < 4.78 is 5.29. The van der Waals surface area contributed by atoms with E-state index in [1.54, 1.807) is 38.1 Å². The number of hydrogen-bond donors (Lipinski definition) is 1. The van der Waals surface area contributed by atoms with E-state index in [0.717, 1.165) is 11.1 Å². The first-order valence-corrected chi connectivity index (χ1v) is 9.83. The van der Waals surface area contributed by atoms with Crippen LogP contribution in [0.15, 0.2) is 54.6 Å². The number of rotatable bonds is 4. The van der Waals surface area contributed by atoms with Gasteiger partial charge in [0.25, 0.3) is 0 Å². The maximum Gasteiger partial charge on any atom is 0.326 e. The van der Waals surface area contributed by atoms with E-state index < -0.39 is 29.4 Å². The molecule has 2 saturated heterocycles. The van der Waals surface area contributed by atoms with Gasteiger partial charge in [0.15, 0.2) is 0 Å². The van der Waals surface area contributed by atoms with E-state index in [0.29, 0.717) is 5.69 Å². The number of carbonyl (C=O) groups is 3. The monoisotopic (exact) mass is 392 g/mol. The smallest absolute Gasteiger partial charge is 0.326 e. The quantitative estimate of drug-likeness (QED) is 0.640. The summed E-state index contributed by atoms with van der Waals surface area (Å²) in [5, 5.41) is 3.29. The molecule has 0 unspecified atom stereocenters. The summed E-state index contributed by atoms with van der Waals surface area (Å²) in [5.74, 6) is -2.69. The van der Waals surface area contributed by atoms with E-state index >= 15 is 0 Å². The Morgan fingerprint density at radius 1 is 1.10 bits per heavy atom. The molecule has 0 aromatic heterocycles. The molecule has 4 atom stereocenters. The lowest BCUT2D eigenvalue weighted by molar-refractivity contribution is -0.153. The van der Waals surface area contributed by atoms with Gasteiger partial charge in [0.05, 0.1) is 24.1 Å². The molecule has 0 aliphatic carbocycles. The second-order valence-corrected chi connectivity index (χ2v) is 7.81. The van der Waals surface area contributed by atoms with E-state index in [9.17, 15) is 14.4 Å². The Balaban J connectivity index is 1.82. The summed E-state index contributed by atoms with van der Waals surface area (Å²) in [4.78, 5) is 41.0. The van der Waals surface area contributed by atoms with E-state index in [-0.39, 0.29) is 18.4 Å². The zero-order valence-corrected chi connectivity index (χ0v) is 16.7. The SMILES string of the molecule is CCOC(=O)[C@]1(C)N[C@@H](c2cccc(C)c2)[C@H]2C(=O)N(c3ccccc3)C(=O)[C@H]21. The molecule has 2 fully saturated rings. The average molecular weight is 392 g/mol. The highest BCUT2D eigenvalue weighted by molar-refractivity contribution is 6.24. The third-order valence-electron chi connectivity index (χ3n) is 5.90. The number of imide groups is 1. The predicted molar refractivity (Wildman–Crippen MR) is 108 cm³/mol. The Morgan fingerprint density at radius 2 is 1.83 bits per heavy atom. The zero-order valence-electron chi connectivity index (χ0n) is 16.7. The number of esters is 1. The van der Waals surface area contributed by atoms with Gasteiger partial charge >= 0.3 is 5.97 Å². The maximum atomic E-state index is 13.4. The molecule has 2 aliphatic rings. The van der Waals surface area contributed by atoms with E-state index in [1.165, 1.54) is 4.90 Å². The number of hydrogen-bond acceptors (Lipinski definition) is 5. The summed E-state index contributed by atoms with van der Waals surface area (Å²) in [6, 6.07) is 16.2. The van der Waals surface area contributed by atoms with Crippen molar-refractivity contribution in [3.8, 4) is 0 Å². The van der Waals surface area contributed by atoms with Crippen molar-refractivity contribution in [2.75, 3.05) is 11.5 Å². The number of amides is 2. The normalized spacial score (nSPS) is 28.5. The van der Waals surface area contributed by atoms with Crippen LogP contribution >= 0.6 is 0 Å². The van der Waals surface area contributed by atoms with Crippen LogP contribution in [0.5, 0.6) is 0 Å². The Kier molecular flexibility index (Phi) is 4.74. The Bertz CT molecular complexity index is 974. The standard InChI is InChI=1S/C23H24N2O4/c1-4-29-22(28)23(3)18-17(19(24-23)15-10-8-9-14(2)13-15)20(26)25(21(18)27)16-11-6-5-7-12-16/h5-13,17-19,24H,4H2,1-3H3/t17-,18-,19-,23+/m0/s1. The number of nitrogens with zero attached hydrogens (tertiary/aromatic N) is 1. The van der Waals surface area contributed by atoms with Gasteiger partial charge in [-0.3, -0.25) is 19.7 Å². The lowest BCUT2D eigenvalue weighted by Gasteiger charge is -2.29. The third kappa shape index (κ3) is 2.95. The first-order chi connectivity index (χ1) is 13.9. The summed E-state index contributed by atoms with van der Waals surface area (Å²) in [7, 11) is 0. The molecule has 2 aliphatic heterocycles. The second-order valence-electron chi connectivity index (χ2n) is 7.81. The Morgan fingerprint density at radius 3 is 2.48 bits per heavy atom. The number of nitrogens with one attached hydrogen (secondary N) is 1. The first kappa shape index (κ1) is 19.3. The molecule has 0 saturated carbocycles. The molecular weight excluding hydrogens is 368 g/mol. The van der Waals surface area contributed by atoms with E-state index in [4.69, 9.17) is 4.74 Å². The molecular formula is C23H24N2O4. The van der Waals surface area contributed by atoms with Crippen molar-refractivity contribution in [3.63, 3.8) is 0 Å². The molecule has 6 nitrogen and oxygen atoms in total. The van der Waals surface area contributed by atoms with Gasteiger partial charge in [-0.25, -0.2) is 4.90 Å². The lowest BCUT2D eigenvalue weighted by atomic mass is 9.80. The Hall–Kier alpha value is -2.99. The topological polar surface area (TPSA) is 75.7 Å². The molecule has 0 spiro atoms. The predicted octanol–water partition coefficient (Wildman–Crippen LogP) is 2.77. The molecule has 2 heterocycles. The lowest BCUT2D eigenvalue weighted by Crippen LogP contribution is -2.54. The number of fused-ring (bicyclic) bond motifs is 1. The molecule has 2 amide bonds. The molecule has 0 bridgehead atoms. The van der Waals surface area contributed by atoms with Crippen molar-refractivity contribution < 1.29 is 19.1 Å². The van der Waals surface area contributed by atoms with Gasteiger partial charge < -0.3 is 4.74 Å². The van der Waals surface area contributed by atoms with Crippen molar-refractivity contribution in [2.45, 2.75) is 32.4 Å². The third-order valence-corrected chi connectivity index (χ3v) is 5.90. The van der Waals surface area contributed by atoms with Gasteiger partial charge in [-0.2, -0.15) is 0 Å². The number of para-hydroxylation sites is 1. The average Bonchev–Trinajstić information content (AvgIpc) is 3.17. The van der Waals surface area contributed by atoms with Gasteiger partial charge in [0.1, 0.15) is 5.54 Å². The second kappa shape index (κ2) is 7.12. The van der Waals surface area contributed by atoms with Gasteiger partial charge in [0.2, 0.25) is 11.8 Å². The van der Waals surface area contributed by atoms with E-state index in [2.05, 4.69) is 5.32 Å². The fourth-order valence-corrected chi connectivity index (χ4v) is 4.59. The van der Waals surface area contributed by atoms with Crippen LogP contribution in [0.25, 0.3) is 0 Å². The van der Waals surface area contributed by atoms with Crippen molar-refractivity contribution in [3.05, 3.63) is 65.7 Å². The van der Waals surface area contributed by atoms with Gasteiger partial charge in [-0.15, -0.1) is 0 Å². The van der Waals surface area contributed by atoms with Gasteiger partial charge in [0, 0.05) is 6.04 Å². The van der Waals surface area contributed by atoms with Crippen LogP contribution < -0.4 is 10.2 Å². The minimum atomic E-state index is -1.29.